The van der Waals surface area contributed by atoms with Crippen LogP contribution in [0, 0.1) is 0 Å². The van der Waals surface area contributed by atoms with Crippen LogP contribution >= 0.6 is 140 Å². The Balaban J connectivity index is 0.000000127. The molecule has 29 heteroatoms. The highest BCUT2D eigenvalue weighted by Gasteiger charge is 2.52. The summed E-state index contributed by atoms with van der Waals surface area (Å²) in [6, 6.07) is 38.8. The van der Waals surface area contributed by atoms with Gasteiger partial charge in [-0.05, 0) is 279 Å². The van der Waals surface area contributed by atoms with Crippen LogP contribution in [0.5, 0.6) is 0 Å². The fourth-order valence-corrected chi connectivity index (χ4v) is 18.3. The second-order valence-electron chi connectivity index (χ2n) is 30.1. The van der Waals surface area contributed by atoms with Crippen molar-refractivity contribution in [3.05, 3.63) is 206 Å². The second-order valence-corrected chi connectivity index (χ2v) is 38.1. The first kappa shape index (κ1) is 84.7. The zero-order valence-corrected chi connectivity index (χ0v) is 74.0. The van der Waals surface area contributed by atoms with E-state index in [2.05, 4.69) is 81.3 Å². The van der Waals surface area contributed by atoms with Crippen LogP contribution in [0.4, 0.5) is 31.4 Å². The van der Waals surface area contributed by atoms with Crippen LogP contribution in [0.15, 0.2) is 169 Å². The van der Waals surface area contributed by atoms with Crippen LogP contribution in [0.2, 0.25) is 20.1 Å². The molecule has 6 aromatic heterocycles. The summed E-state index contributed by atoms with van der Waals surface area (Å²) < 4.78 is 36.6. The van der Waals surface area contributed by atoms with E-state index in [9.17, 15) is 24.3 Å². The van der Waals surface area contributed by atoms with Crippen LogP contribution in [0.25, 0.3) is 52.9 Å². The molecule has 113 heavy (non-hydrogen) atoms. The highest BCUT2D eigenvalue weighted by molar-refractivity contribution is 9.11. The van der Waals surface area contributed by atoms with Gasteiger partial charge in [-0.3, -0.25) is 29.5 Å². The van der Waals surface area contributed by atoms with Gasteiger partial charge in [-0.15, -0.1) is 45.3 Å². The van der Waals surface area contributed by atoms with Crippen LogP contribution in [-0.2, 0) is 50.3 Å². The highest BCUT2D eigenvalue weighted by Crippen LogP contribution is 2.50. The molecule has 3 amide bonds. The van der Waals surface area contributed by atoms with Crippen LogP contribution in [0.3, 0.4) is 0 Å². The number of carbonyl (C=O) groups excluding carboxylic acids is 4. The summed E-state index contributed by atoms with van der Waals surface area (Å²) >= 11 is 42.5. The van der Waals surface area contributed by atoms with Crippen molar-refractivity contribution in [1.29, 1.82) is 0 Å². The molecule has 2 N–H and O–H groups in total. The third-order valence-electron chi connectivity index (χ3n) is 20.6. The monoisotopic (exact) mass is 1870 g/mol. The molecular weight excluding hydrogens is 1790 g/mol. The van der Waals surface area contributed by atoms with Gasteiger partial charge in [0.25, 0.3) is 0 Å². The largest absolute Gasteiger partial charge is 0.495 e. The fraction of sp³-hybridized carbons (Fsp3) is 0.357. The molecule has 17 rings (SSSR count). The third kappa shape index (κ3) is 21.8. The molecule has 0 radical (unpaired) electrons. The van der Waals surface area contributed by atoms with Crippen molar-refractivity contribution < 1.29 is 57.6 Å². The zero-order chi connectivity index (χ0) is 80.3. The lowest BCUT2D eigenvalue weighted by Crippen LogP contribution is -2.41. The number of carbonyl (C=O) groups is 4. The Kier molecular flexibility index (Phi) is 27.2. The number of aliphatic hydroxyl groups excluding tert-OH is 2. The predicted octanol–water partition coefficient (Wildman–Crippen LogP) is 23.5. The van der Waals surface area contributed by atoms with Gasteiger partial charge in [-0.1, -0.05) is 74.5 Å². The maximum atomic E-state index is 12.2. The molecule has 7 heterocycles. The Morgan fingerprint density at radius 1 is 0.460 bits per heavy atom. The fourth-order valence-electron chi connectivity index (χ4n) is 11.7. The van der Waals surface area contributed by atoms with E-state index < -0.39 is 7.12 Å². The Hall–Kier alpha value is -6.24. The second kappa shape index (κ2) is 36.3. The number of pyridine rings is 2. The molecular formula is C84H83BBr3Cl4N5O12S4. The number of esters is 1. The minimum absolute atomic E-state index is 0.0101. The molecule has 6 saturated carbocycles. The molecule has 0 unspecified atom stereocenters. The molecule has 4 aromatic carbocycles. The predicted molar refractivity (Wildman–Crippen MR) is 468 cm³/mol. The summed E-state index contributed by atoms with van der Waals surface area (Å²) in [5.74, 6) is -0.171. The number of amides is 3. The summed E-state index contributed by atoms with van der Waals surface area (Å²) in [6.07, 6.45) is 15.0. The molecule has 7 fully saturated rings. The van der Waals surface area contributed by atoms with Gasteiger partial charge in [0, 0.05) is 144 Å². The van der Waals surface area contributed by atoms with E-state index in [0.29, 0.717) is 31.5 Å². The minimum Gasteiger partial charge on any atom is -0.462 e. The van der Waals surface area contributed by atoms with Crippen LogP contribution in [-0.4, -0.2) is 122 Å². The number of hydrogen-bond acceptors (Lipinski definition) is 18. The standard InChI is InChI=1S/C24H23ClN2O3S.C21H25BClNO4S.C15H13BrClNO2S.C15H12BrClO2S.C9H10BrNO/c1-27(23(29)30-18-3-4-18)17-2-5-19(20(25)12-17)21-10-16(13-31-21)15-6-9-26-22(11-15)24(14-28)7-8-24;1-20(2)21(3,4)28-22(27-20)13-10-18(29-12-13)16-9-6-14(11-17(16)23)24(5)19(25)26-15-7-8-15;1-18(15(19)20-11-3-4-11)10-2-5-12(13(17)7-10)14-6-9(16)8-21-14;16-10-7-14(20-8-10)12-4-1-9(5-13(12)17)6-15(18)19-11-2-3-11;10-7-1-4-11-8(5-7)9(6-12)2-3-9/h2,5-6,9-13,18,28H,3-4,7-8,14H2,1H3;6,9-12,15H,7-8H2,1-5H3;2,5-8,11H,3-4H2,1H3;1,4-5,7-8,11H,2-3,6H2;1,4-5,12H,2-3,6H2. The zero-order valence-electron chi connectivity index (χ0n) is 63.0. The van der Waals surface area contributed by atoms with E-state index in [-0.39, 0.29) is 90.3 Å². The lowest BCUT2D eigenvalue weighted by molar-refractivity contribution is -0.144. The van der Waals surface area contributed by atoms with E-state index in [1.165, 1.54) is 14.7 Å². The molecule has 6 aliphatic carbocycles. The first-order valence-electron chi connectivity index (χ1n) is 37.0. The van der Waals surface area contributed by atoms with E-state index in [1.807, 2.05) is 135 Å². The highest BCUT2D eigenvalue weighted by atomic mass is 79.9. The van der Waals surface area contributed by atoms with Gasteiger partial charge >= 0.3 is 31.4 Å². The molecule has 1 aliphatic heterocycles. The summed E-state index contributed by atoms with van der Waals surface area (Å²) in [5, 5.41) is 29.5. The summed E-state index contributed by atoms with van der Waals surface area (Å²) in [6.45, 7) is 8.53. The number of halogens is 7. The SMILES string of the molecule is CN(C(=O)OC1CC1)c1ccc(-c2cc(-c3ccnc(C4(CO)CC4)c3)cs2)c(Cl)c1.CN(C(=O)OC1CC1)c1ccc(-c2cc(B3OC(C)(C)C(C)(C)O3)cs2)c(Cl)c1.CN(C(=O)OC1CC1)c1ccc(-c2cc(Br)cs2)c(Cl)c1.O=C(Cc1ccc(-c2cc(Br)cs2)c(Cl)c1)OC1CC1.OCC1(c2cc(Br)ccn2)CC1. The number of benzene rings is 4. The Labute approximate surface area is 719 Å². The third-order valence-corrected chi connectivity index (χ3v) is 27.7. The summed E-state index contributed by atoms with van der Waals surface area (Å²) in [5.41, 5.74) is 11.0. The molecule has 0 bridgehead atoms. The molecule has 7 aliphatic rings. The smallest absolute Gasteiger partial charge is 0.462 e. The van der Waals surface area contributed by atoms with Gasteiger partial charge in [-0.2, -0.15) is 0 Å². The molecule has 592 valence electrons. The van der Waals surface area contributed by atoms with Crippen LogP contribution in [0.1, 0.15) is 122 Å². The van der Waals surface area contributed by atoms with Crippen molar-refractivity contribution in [2.75, 3.05) is 49.1 Å². The van der Waals surface area contributed by atoms with Gasteiger partial charge < -0.3 is 38.5 Å². The molecule has 1 saturated heterocycles. The number of aromatic nitrogens is 2. The number of ether oxygens (including phenoxy) is 4. The molecule has 10 aromatic rings. The number of rotatable bonds is 19. The Morgan fingerprint density at radius 2 is 0.841 bits per heavy atom. The van der Waals surface area contributed by atoms with Gasteiger partial charge in [0.2, 0.25) is 0 Å². The normalized spacial score (nSPS) is 16.9. The maximum Gasteiger partial charge on any atom is 0.495 e. The van der Waals surface area contributed by atoms with Gasteiger partial charge in [-0.25, -0.2) is 14.4 Å². The number of nitrogens with zero attached hydrogens (tertiary/aromatic N) is 5. The van der Waals surface area contributed by atoms with Crippen molar-refractivity contribution >= 4 is 193 Å². The van der Waals surface area contributed by atoms with Gasteiger partial charge in [0.1, 0.15) is 24.4 Å². The van der Waals surface area contributed by atoms with Crippen molar-refractivity contribution in [2.24, 2.45) is 0 Å². The van der Waals surface area contributed by atoms with Crippen molar-refractivity contribution in [1.82, 2.24) is 9.97 Å². The van der Waals surface area contributed by atoms with Crippen molar-refractivity contribution in [2.45, 2.75) is 158 Å². The van der Waals surface area contributed by atoms with Crippen molar-refractivity contribution in [3.8, 4) is 52.9 Å². The minimum atomic E-state index is -0.397. The van der Waals surface area contributed by atoms with E-state index in [4.69, 9.17) is 79.8 Å². The lowest BCUT2D eigenvalue weighted by Gasteiger charge is -2.32. The Morgan fingerprint density at radius 3 is 1.23 bits per heavy atom. The summed E-state index contributed by atoms with van der Waals surface area (Å²) in [7, 11) is 4.68. The number of anilines is 3. The number of aliphatic hydroxyl groups is 2. The van der Waals surface area contributed by atoms with E-state index >= 15 is 0 Å². The number of hydrogen-bond donors (Lipinski definition) is 2. The first-order valence-corrected chi connectivity index (χ1v) is 44.4. The maximum absolute atomic E-state index is 12.2. The van der Waals surface area contributed by atoms with E-state index in [0.717, 1.165) is 171 Å². The van der Waals surface area contributed by atoms with Gasteiger partial charge in [0.05, 0.1) is 45.9 Å². The lowest BCUT2D eigenvalue weighted by atomic mass is 9.81. The van der Waals surface area contributed by atoms with Crippen molar-refractivity contribution in [3.63, 3.8) is 0 Å². The first-order chi connectivity index (χ1) is 54.0. The Bertz CT molecular complexity index is 5100. The molecule has 0 spiro atoms. The van der Waals surface area contributed by atoms with Gasteiger partial charge in [0.15, 0.2) is 0 Å². The average Bonchev–Trinajstić information content (AvgIpc) is 1.63. The van der Waals surface area contributed by atoms with Crippen LogP contribution < -0.4 is 20.2 Å². The summed E-state index contributed by atoms with van der Waals surface area (Å²) in [4.78, 5) is 65.4. The average molecular weight is 1880 g/mol. The molecule has 17 nitrogen and oxygen atoms in total. The topological polar surface area (TPSA) is 200 Å². The van der Waals surface area contributed by atoms with E-state index in [1.54, 1.807) is 90.9 Å². The molecule has 0 atom stereocenters. The number of thiophene rings is 4. The quantitative estimate of drug-likeness (QED) is 0.0440.